The highest BCUT2D eigenvalue weighted by molar-refractivity contribution is 5.95. The minimum Gasteiger partial charge on any atom is -0.343 e. The van der Waals surface area contributed by atoms with Crippen LogP contribution >= 0.6 is 0 Å². The van der Waals surface area contributed by atoms with Crippen LogP contribution in [0, 0.1) is 12.3 Å². The van der Waals surface area contributed by atoms with Gasteiger partial charge < -0.3 is 10.2 Å². The summed E-state index contributed by atoms with van der Waals surface area (Å²) in [7, 11) is 0. The van der Waals surface area contributed by atoms with Crippen molar-refractivity contribution in [2.75, 3.05) is 19.6 Å². The van der Waals surface area contributed by atoms with Gasteiger partial charge in [0.25, 0.3) is 5.91 Å². The molecular formula is C15H20N4O2. The number of nitrogens with zero attached hydrogens (tertiary/aromatic N) is 3. The number of piperidine rings is 1. The predicted octanol–water partition coefficient (Wildman–Crippen LogP) is 0.917. The number of aromatic nitrogens is 2. The van der Waals surface area contributed by atoms with Crippen LogP contribution in [0.4, 0.5) is 0 Å². The van der Waals surface area contributed by atoms with E-state index in [9.17, 15) is 9.59 Å². The first kappa shape index (κ1) is 14.0. The van der Waals surface area contributed by atoms with Crippen LogP contribution in [0.3, 0.4) is 0 Å². The van der Waals surface area contributed by atoms with E-state index in [0.717, 1.165) is 25.9 Å². The molecule has 1 saturated heterocycles. The van der Waals surface area contributed by atoms with Gasteiger partial charge in [0.15, 0.2) is 0 Å². The molecule has 0 radical (unpaired) electrons. The van der Waals surface area contributed by atoms with Crippen molar-refractivity contribution in [3.05, 3.63) is 23.8 Å². The van der Waals surface area contributed by atoms with Crippen LogP contribution in [0.2, 0.25) is 0 Å². The molecule has 6 nitrogen and oxygen atoms in total. The molecule has 1 spiro atoms. The largest absolute Gasteiger partial charge is 0.343 e. The monoisotopic (exact) mass is 288 g/mol. The topological polar surface area (TPSA) is 75.2 Å². The van der Waals surface area contributed by atoms with Crippen LogP contribution in [-0.2, 0) is 4.79 Å². The molecule has 1 aromatic heterocycles. The highest BCUT2D eigenvalue weighted by Crippen LogP contribution is 2.53. The Labute approximate surface area is 124 Å². The van der Waals surface area contributed by atoms with E-state index in [1.54, 1.807) is 6.92 Å². The van der Waals surface area contributed by atoms with E-state index < -0.39 is 0 Å². The Morgan fingerprint density at radius 1 is 1.19 bits per heavy atom. The SMILES string of the molecule is Cc1ncc(C(=O)NCC(=O)N2CCC3(CC2)CC3)cn1. The molecule has 2 amide bonds. The first-order valence-electron chi connectivity index (χ1n) is 7.43. The van der Waals surface area contributed by atoms with Crippen LogP contribution < -0.4 is 5.32 Å². The average molecular weight is 288 g/mol. The maximum absolute atomic E-state index is 12.1. The van der Waals surface area contributed by atoms with E-state index in [-0.39, 0.29) is 18.4 Å². The Morgan fingerprint density at radius 3 is 2.38 bits per heavy atom. The van der Waals surface area contributed by atoms with E-state index in [2.05, 4.69) is 15.3 Å². The summed E-state index contributed by atoms with van der Waals surface area (Å²) in [5.74, 6) is 0.302. The summed E-state index contributed by atoms with van der Waals surface area (Å²) in [5, 5.41) is 2.64. The van der Waals surface area contributed by atoms with Gasteiger partial charge in [-0.3, -0.25) is 9.59 Å². The molecule has 112 valence electrons. The standard InChI is InChI=1S/C15H20N4O2/c1-11-16-8-12(9-17-11)14(21)18-10-13(20)19-6-4-15(2-3-15)5-7-19/h8-9H,2-7,10H2,1H3,(H,18,21). The number of nitrogens with one attached hydrogen (secondary N) is 1. The number of amides is 2. The lowest BCUT2D eigenvalue weighted by Crippen LogP contribution is -2.44. The highest BCUT2D eigenvalue weighted by atomic mass is 16.2. The second-order valence-electron chi connectivity index (χ2n) is 6.08. The van der Waals surface area contributed by atoms with Gasteiger partial charge in [-0.25, -0.2) is 9.97 Å². The molecule has 6 heteroatoms. The summed E-state index contributed by atoms with van der Waals surface area (Å²) in [6.07, 6.45) is 7.80. The smallest absolute Gasteiger partial charge is 0.254 e. The average Bonchev–Trinajstić information content (AvgIpc) is 3.25. The number of hydrogen-bond donors (Lipinski definition) is 1. The van der Waals surface area contributed by atoms with Gasteiger partial charge >= 0.3 is 0 Å². The fourth-order valence-corrected chi connectivity index (χ4v) is 2.79. The lowest BCUT2D eigenvalue weighted by atomic mass is 9.94. The summed E-state index contributed by atoms with van der Waals surface area (Å²) in [6, 6.07) is 0. The molecule has 1 N–H and O–H groups in total. The van der Waals surface area contributed by atoms with Crippen LogP contribution in [0.5, 0.6) is 0 Å². The Bertz CT molecular complexity index is 541. The van der Waals surface area contributed by atoms with Crippen molar-refractivity contribution >= 4 is 11.8 Å². The summed E-state index contributed by atoms with van der Waals surface area (Å²) < 4.78 is 0. The lowest BCUT2D eigenvalue weighted by Gasteiger charge is -2.32. The first-order chi connectivity index (χ1) is 10.1. The molecule has 2 heterocycles. The summed E-state index contributed by atoms with van der Waals surface area (Å²) in [5.41, 5.74) is 0.934. The zero-order chi connectivity index (χ0) is 14.9. The van der Waals surface area contributed by atoms with E-state index in [1.807, 2.05) is 4.90 Å². The molecule has 3 rings (SSSR count). The number of rotatable bonds is 3. The van der Waals surface area contributed by atoms with Crippen molar-refractivity contribution in [2.24, 2.45) is 5.41 Å². The molecule has 0 bridgehead atoms. The van der Waals surface area contributed by atoms with Gasteiger partial charge in [0.05, 0.1) is 12.1 Å². The first-order valence-corrected chi connectivity index (χ1v) is 7.43. The number of carbonyl (C=O) groups is 2. The van der Waals surface area contributed by atoms with Crippen molar-refractivity contribution < 1.29 is 9.59 Å². The fraction of sp³-hybridized carbons (Fsp3) is 0.600. The minimum atomic E-state index is -0.306. The minimum absolute atomic E-state index is 0.00752. The molecule has 1 aliphatic heterocycles. The fourth-order valence-electron chi connectivity index (χ4n) is 2.79. The molecule has 21 heavy (non-hydrogen) atoms. The van der Waals surface area contributed by atoms with Gasteiger partial charge in [-0.2, -0.15) is 0 Å². The van der Waals surface area contributed by atoms with Gasteiger partial charge in [-0.1, -0.05) is 0 Å². The summed E-state index contributed by atoms with van der Waals surface area (Å²) >= 11 is 0. The number of carbonyl (C=O) groups excluding carboxylic acids is 2. The second kappa shape index (κ2) is 5.42. The highest BCUT2D eigenvalue weighted by Gasteiger charge is 2.44. The lowest BCUT2D eigenvalue weighted by molar-refractivity contribution is -0.131. The van der Waals surface area contributed by atoms with Crippen LogP contribution in [0.25, 0.3) is 0 Å². The maximum Gasteiger partial charge on any atom is 0.254 e. The van der Waals surface area contributed by atoms with Crippen molar-refractivity contribution in [1.29, 1.82) is 0 Å². The van der Waals surface area contributed by atoms with Crippen molar-refractivity contribution in [2.45, 2.75) is 32.6 Å². The molecule has 0 atom stereocenters. The van der Waals surface area contributed by atoms with Gasteiger partial charge in [0.1, 0.15) is 5.82 Å². The van der Waals surface area contributed by atoms with Gasteiger partial charge in [-0.15, -0.1) is 0 Å². The Hall–Kier alpha value is -1.98. The number of likely N-dealkylation sites (tertiary alicyclic amines) is 1. The zero-order valence-electron chi connectivity index (χ0n) is 12.3. The maximum atomic E-state index is 12.1. The number of hydrogen-bond acceptors (Lipinski definition) is 4. The molecule has 0 unspecified atom stereocenters. The molecule has 1 aromatic rings. The molecule has 0 aromatic carbocycles. The molecule has 2 fully saturated rings. The number of aryl methyl sites for hydroxylation is 1. The third kappa shape index (κ3) is 3.20. The summed E-state index contributed by atoms with van der Waals surface area (Å²) in [4.78, 5) is 33.8. The Balaban J connectivity index is 1.47. The van der Waals surface area contributed by atoms with E-state index in [4.69, 9.17) is 0 Å². The normalized spacial score (nSPS) is 19.4. The molecule has 2 aliphatic rings. The second-order valence-corrected chi connectivity index (χ2v) is 6.08. The van der Waals surface area contributed by atoms with Crippen LogP contribution in [-0.4, -0.2) is 46.3 Å². The Kier molecular flexibility index (Phi) is 3.61. The van der Waals surface area contributed by atoms with Crippen LogP contribution in [0.1, 0.15) is 41.9 Å². The third-order valence-electron chi connectivity index (χ3n) is 4.58. The van der Waals surface area contributed by atoms with Gasteiger partial charge in [0, 0.05) is 25.5 Å². The van der Waals surface area contributed by atoms with Crippen LogP contribution in [0.15, 0.2) is 12.4 Å². The molecular weight excluding hydrogens is 268 g/mol. The third-order valence-corrected chi connectivity index (χ3v) is 4.58. The van der Waals surface area contributed by atoms with Gasteiger partial charge in [0.2, 0.25) is 5.91 Å². The van der Waals surface area contributed by atoms with Crippen molar-refractivity contribution in [1.82, 2.24) is 20.2 Å². The zero-order valence-corrected chi connectivity index (χ0v) is 12.3. The van der Waals surface area contributed by atoms with Gasteiger partial charge in [-0.05, 0) is 38.0 Å². The Morgan fingerprint density at radius 2 is 1.81 bits per heavy atom. The molecule has 1 saturated carbocycles. The molecule has 1 aliphatic carbocycles. The van der Waals surface area contributed by atoms with Crippen molar-refractivity contribution in [3.8, 4) is 0 Å². The quantitative estimate of drug-likeness (QED) is 0.897. The van der Waals surface area contributed by atoms with E-state index in [0.29, 0.717) is 16.8 Å². The van der Waals surface area contributed by atoms with E-state index in [1.165, 1.54) is 25.2 Å². The predicted molar refractivity (Wildman–Crippen MR) is 76.6 cm³/mol. The van der Waals surface area contributed by atoms with E-state index >= 15 is 0 Å². The summed E-state index contributed by atoms with van der Waals surface area (Å²) in [6.45, 7) is 3.44. The van der Waals surface area contributed by atoms with Crippen molar-refractivity contribution in [3.63, 3.8) is 0 Å².